The number of nitrogens with zero attached hydrogens (tertiary/aromatic N) is 1. The van der Waals surface area contributed by atoms with Crippen molar-refractivity contribution >= 4 is 17.2 Å². The van der Waals surface area contributed by atoms with Crippen LogP contribution in [0.2, 0.25) is 0 Å². The number of amides is 1. The first-order valence-corrected chi connectivity index (χ1v) is 8.07. The van der Waals surface area contributed by atoms with Gasteiger partial charge in [0.2, 0.25) is 0 Å². The van der Waals surface area contributed by atoms with Crippen LogP contribution in [0.5, 0.6) is 0 Å². The first kappa shape index (κ1) is 14.1. The molecular weight excluding hydrogens is 284 g/mol. The molecule has 0 unspecified atom stereocenters. The average molecular weight is 302 g/mol. The van der Waals surface area contributed by atoms with Crippen molar-refractivity contribution in [2.24, 2.45) is 0 Å². The number of H-pyrrole nitrogens is 1. The van der Waals surface area contributed by atoms with Gasteiger partial charge in [0.15, 0.2) is 0 Å². The summed E-state index contributed by atoms with van der Waals surface area (Å²) in [5.74, 6) is -0.167. The van der Waals surface area contributed by atoms with Gasteiger partial charge in [0, 0.05) is 17.1 Å². The van der Waals surface area contributed by atoms with Crippen molar-refractivity contribution in [2.45, 2.75) is 32.7 Å². The van der Waals surface area contributed by atoms with E-state index in [1.807, 2.05) is 11.8 Å². The predicted octanol–water partition coefficient (Wildman–Crippen LogP) is 2.89. The molecule has 0 aliphatic carbocycles. The van der Waals surface area contributed by atoms with Crippen molar-refractivity contribution in [3.8, 4) is 0 Å². The number of pyridine rings is 1. The van der Waals surface area contributed by atoms with Crippen molar-refractivity contribution in [3.63, 3.8) is 0 Å². The second kappa shape index (κ2) is 5.48. The molecule has 0 saturated heterocycles. The Hall–Kier alpha value is -1.88. The SMILES string of the molecule is CC[C@@H]1c2ccsc2CCN1C(=O)c1ccc(C)[nH]c1=O. The number of carbonyl (C=O) groups is 1. The first-order valence-electron chi connectivity index (χ1n) is 7.19. The minimum atomic E-state index is -0.300. The summed E-state index contributed by atoms with van der Waals surface area (Å²) < 4.78 is 0. The first-order chi connectivity index (χ1) is 10.1. The molecule has 2 aromatic rings. The average Bonchev–Trinajstić information content (AvgIpc) is 2.94. The monoisotopic (exact) mass is 302 g/mol. The maximum absolute atomic E-state index is 12.7. The Balaban J connectivity index is 1.96. The zero-order valence-electron chi connectivity index (χ0n) is 12.2. The van der Waals surface area contributed by atoms with Crippen LogP contribution in [0.15, 0.2) is 28.4 Å². The third-order valence-corrected chi connectivity index (χ3v) is 5.02. The van der Waals surface area contributed by atoms with Crippen molar-refractivity contribution in [3.05, 3.63) is 55.6 Å². The topological polar surface area (TPSA) is 53.2 Å². The Morgan fingerprint density at radius 1 is 1.43 bits per heavy atom. The summed E-state index contributed by atoms with van der Waals surface area (Å²) in [4.78, 5) is 30.7. The number of carbonyl (C=O) groups excluding carboxylic acids is 1. The molecule has 1 N–H and O–H groups in total. The Morgan fingerprint density at radius 2 is 2.24 bits per heavy atom. The van der Waals surface area contributed by atoms with Gasteiger partial charge in [0.05, 0.1) is 6.04 Å². The van der Waals surface area contributed by atoms with Crippen molar-refractivity contribution < 1.29 is 4.79 Å². The summed E-state index contributed by atoms with van der Waals surface area (Å²) in [6, 6.07) is 5.59. The van der Waals surface area contributed by atoms with Gasteiger partial charge in [0.1, 0.15) is 5.56 Å². The summed E-state index contributed by atoms with van der Waals surface area (Å²) in [6.45, 7) is 4.57. The molecule has 1 aliphatic rings. The number of rotatable bonds is 2. The van der Waals surface area contributed by atoms with Crippen molar-refractivity contribution in [2.75, 3.05) is 6.54 Å². The smallest absolute Gasteiger partial charge is 0.260 e. The standard InChI is InChI=1S/C16H18N2O2S/c1-3-13-11-7-9-21-14(11)6-8-18(13)16(20)12-5-4-10(2)17-15(12)19/h4-5,7,9,13H,3,6,8H2,1-2H3,(H,17,19)/t13-/m1/s1. The molecule has 3 rings (SSSR count). The Morgan fingerprint density at radius 3 is 2.95 bits per heavy atom. The molecule has 1 amide bonds. The quantitative estimate of drug-likeness (QED) is 0.927. The van der Waals surface area contributed by atoms with Crippen LogP contribution in [0, 0.1) is 6.92 Å². The molecule has 3 heterocycles. The number of thiophene rings is 1. The van der Waals surface area contributed by atoms with Crippen molar-refractivity contribution in [1.82, 2.24) is 9.88 Å². The number of fused-ring (bicyclic) bond motifs is 1. The van der Waals surface area contributed by atoms with Gasteiger partial charge in [-0.3, -0.25) is 9.59 Å². The summed E-state index contributed by atoms with van der Waals surface area (Å²) in [5.41, 5.74) is 1.94. The van der Waals surface area contributed by atoms with Crippen LogP contribution in [0.4, 0.5) is 0 Å². The Bertz CT molecular complexity index is 732. The fraction of sp³-hybridized carbons (Fsp3) is 0.375. The highest BCUT2D eigenvalue weighted by molar-refractivity contribution is 7.10. The second-order valence-electron chi connectivity index (χ2n) is 5.36. The second-order valence-corrected chi connectivity index (χ2v) is 6.36. The van der Waals surface area contributed by atoms with Crippen LogP contribution in [-0.4, -0.2) is 22.3 Å². The van der Waals surface area contributed by atoms with E-state index in [1.165, 1.54) is 10.4 Å². The molecule has 0 spiro atoms. The number of aromatic amines is 1. The highest BCUT2D eigenvalue weighted by atomic mass is 32.1. The van der Waals surface area contributed by atoms with Crippen LogP contribution in [-0.2, 0) is 6.42 Å². The van der Waals surface area contributed by atoms with Gasteiger partial charge in [-0.25, -0.2) is 0 Å². The third kappa shape index (κ3) is 2.42. The summed E-state index contributed by atoms with van der Waals surface area (Å²) >= 11 is 1.75. The van der Waals surface area contributed by atoms with E-state index >= 15 is 0 Å². The summed E-state index contributed by atoms with van der Waals surface area (Å²) in [5, 5.41) is 2.08. The summed E-state index contributed by atoms with van der Waals surface area (Å²) in [6.07, 6.45) is 1.73. The molecule has 5 heteroatoms. The number of nitrogens with one attached hydrogen (secondary N) is 1. The molecule has 0 fully saturated rings. The zero-order valence-corrected chi connectivity index (χ0v) is 13.0. The molecule has 21 heavy (non-hydrogen) atoms. The molecule has 0 saturated carbocycles. The number of hydrogen-bond acceptors (Lipinski definition) is 3. The van der Waals surface area contributed by atoms with Crippen LogP contribution >= 0.6 is 11.3 Å². The van der Waals surface area contributed by atoms with E-state index < -0.39 is 0 Å². The lowest BCUT2D eigenvalue weighted by atomic mass is 9.97. The molecule has 0 bridgehead atoms. The predicted molar refractivity (Wildman–Crippen MR) is 83.9 cm³/mol. The van der Waals surface area contributed by atoms with Crippen LogP contribution in [0.25, 0.3) is 0 Å². The Labute approximate surface area is 127 Å². The van der Waals surface area contributed by atoms with E-state index in [2.05, 4.69) is 23.4 Å². The molecule has 2 aromatic heterocycles. The van der Waals surface area contributed by atoms with Gasteiger partial charge in [-0.1, -0.05) is 6.92 Å². The fourth-order valence-corrected chi connectivity index (χ4v) is 3.90. The highest BCUT2D eigenvalue weighted by Gasteiger charge is 2.31. The molecule has 0 aromatic carbocycles. The molecule has 1 atom stereocenters. The third-order valence-electron chi connectivity index (χ3n) is 4.03. The number of aromatic nitrogens is 1. The lowest BCUT2D eigenvalue weighted by Crippen LogP contribution is -2.41. The van der Waals surface area contributed by atoms with Gasteiger partial charge >= 0.3 is 0 Å². The van der Waals surface area contributed by atoms with Gasteiger partial charge in [-0.2, -0.15) is 0 Å². The Kier molecular flexibility index (Phi) is 3.68. The molecule has 110 valence electrons. The lowest BCUT2D eigenvalue weighted by molar-refractivity contribution is 0.0655. The van der Waals surface area contributed by atoms with E-state index in [-0.39, 0.29) is 23.1 Å². The van der Waals surface area contributed by atoms with E-state index in [9.17, 15) is 9.59 Å². The maximum atomic E-state index is 12.7. The number of aryl methyl sites for hydroxylation is 1. The zero-order chi connectivity index (χ0) is 15.0. The fourth-order valence-electron chi connectivity index (χ4n) is 2.97. The van der Waals surface area contributed by atoms with Crippen LogP contribution < -0.4 is 5.56 Å². The molecule has 4 nitrogen and oxygen atoms in total. The molecular formula is C16H18N2O2S. The lowest BCUT2D eigenvalue weighted by Gasteiger charge is -2.35. The number of hydrogen-bond donors (Lipinski definition) is 1. The van der Waals surface area contributed by atoms with Crippen molar-refractivity contribution in [1.29, 1.82) is 0 Å². The largest absolute Gasteiger partial charge is 0.331 e. The van der Waals surface area contributed by atoms with E-state index in [1.54, 1.807) is 23.5 Å². The minimum Gasteiger partial charge on any atom is -0.331 e. The van der Waals surface area contributed by atoms with Crippen LogP contribution in [0.3, 0.4) is 0 Å². The molecule has 1 aliphatic heterocycles. The van der Waals surface area contributed by atoms with Gasteiger partial charge in [0.25, 0.3) is 11.5 Å². The van der Waals surface area contributed by atoms with Gasteiger partial charge in [-0.15, -0.1) is 11.3 Å². The van der Waals surface area contributed by atoms with Crippen LogP contribution in [0.1, 0.15) is 45.9 Å². The summed E-state index contributed by atoms with van der Waals surface area (Å²) in [7, 11) is 0. The minimum absolute atomic E-state index is 0.0770. The highest BCUT2D eigenvalue weighted by Crippen LogP contribution is 2.35. The van der Waals surface area contributed by atoms with E-state index in [0.717, 1.165) is 18.5 Å². The normalized spacial score (nSPS) is 17.6. The van der Waals surface area contributed by atoms with E-state index in [0.29, 0.717) is 6.54 Å². The van der Waals surface area contributed by atoms with E-state index in [4.69, 9.17) is 0 Å². The molecule has 0 radical (unpaired) electrons. The maximum Gasteiger partial charge on any atom is 0.260 e. The van der Waals surface area contributed by atoms with Gasteiger partial charge < -0.3 is 9.88 Å². The van der Waals surface area contributed by atoms with Gasteiger partial charge in [-0.05, 0) is 48.9 Å².